The lowest BCUT2D eigenvalue weighted by Crippen LogP contribution is -2.38. The van der Waals surface area contributed by atoms with Crippen molar-refractivity contribution in [1.82, 2.24) is 5.32 Å². The number of rotatable bonds is 5. The molecule has 0 bridgehead atoms. The largest absolute Gasteiger partial charge is 0.350 e. The van der Waals surface area contributed by atoms with Gasteiger partial charge in [-0.3, -0.25) is 9.59 Å². The minimum absolute atomic E-state index is 0.0191. The Bertz CT molecular complexity index is 806. The van der Waals surface area contributed by atoms with Crippen LogP contribution < -0.4 is 10.2 Å². The topological polar surface area (TPSA) is 49.4 Å². The number of hydrogen-bond donors (Lipinski definition) is 1. The smallest absolute Gasteiger partial charge is 0.251 e. The predicted octanol–water partition coefficient (Wildman–Crippen LogP) is 3.36. The molecule has 4 nitrogen and oxygen atoms in total. The summed E-state index contributed by atoms with van der Waals surface area (Å²) in [6.07, 6.45) is 0. The average Bonchev–Trinajstić information content (AvgIpc) is 2.54. The highest BCUT2D eigenvalue weighted by Crippen LogP contribution is 2.20. The number of benzene rings is 2. The summed E-state index contributed by atoms with van der Waals surface area (Å²) in [5.41, 5.74) is 2.59. The standard InChI is InChI=1S/C19H20F2N2O2/c1-12-4-5-15(10-13(12)2)19(25)22-8-9-23(14(3)24)18-7-6-16(20)11-17(18)21/h4-7,10-11H,8-9H2,1-3H3,(H,22,25). The Hall–Kier alpha value is -2.76. The third-order valence-electron chi connectivity index (χ3n) is 3.97. The molecule has 2 aromatic carbocycles. The van der Waals surface area contributed by atoms with Gasteiger partial charge in [0.05, 0.1) is 5.69 Å². The van der Waals surface area contributed by atoms with Gasteiger partial charge in [-0.15, -0.1) is 0 Å². The van der Waals surface area contributed by atoms with E-state index in [0.29, 0.717) is 5.56 Å². The van der Waals surface area contributed by atoms with E-state index >= 15 is 0 Å². The summed E-state index contributed by atoms with van der Waals surface area (Å²) in [7, 11) is 0. The minimum Gasteiger partial charge on any atom is -0.350 e. The SMILES string of the molecule is CC(=O)N(CCNC(=O)c1ccc(C)c(C)c1)c1ccc(F)cc1F. The third-order valence-corrected chi connectivity index (χ3v) is 3.97. The molecule has 132 valence electrons. The summed E-state index contributed by atoms with van der Waals surface area (Å²) < 4.78 is 26.9. The highest BCUT2D eigenvalue weighted by molar-refractivity contribution is 5.95. The molecule has 0 fully saturated rings. The summed E-state index contributed by atoms with van der Waals surface area (Å²) in [6.45, 7) is 5.38. The second kappa shape index (κ2) is 7.88. The van der Waals surface area contributed by atoms with Crippen molar-refractivity contribution in [2.24, 2.45) is 0 Å². The fourth-order valence-corrected chi connectivity index (χ4v) is 2.41. The lowest BCUT2D eigenvalue weighted by Gasteiger charge is -2.22. The molecule has 0 aliphatic rings. The van der Waals surface area contributed by atoms with E-state index in [2.05, 4.69) is 5.32 Å². The molecule has 0 spiro atoms. The van der Waals surface area contributed by atoms with Crippen molar-refractivity contribution in [1.29, 1.82) is 0 Å². The van der Waals surface area contributed by atoms with Crippen molar-refractivity contribution in [3.63, 3.8) is 0 Å². The van der Waals surface area contributed by atoms with Gasteiger partial charge in [-0.25, -0.2) is 8.78 Å². The Labute approximate surface area is 145 Å². The van der Waals surface area contributed by atoms with Crippen LogP contribution in [-0.2, 0) is 4.79 Å². The van der Waals surface area contributed by atoms with E-state index in [9.17, 15) is 18.4 Å². The molecular weight excluding hydrogens is 326 g/mol. The molecule has 2 rings (SSSR count). The van der Waals surface area contributed by atoms with Crippen molar-refractivity contribution in [2.45, 2.75) is 20.8 Å². The highest BCUT2D eigenvalue weighted by atomic mass is 19.1. The zero-order valence-corrected chi connectivity index (χ0v) is 14.4. The first-order valence-corrected chi connectivity index (χ1v) is 7.88. The Morgan fingerprint density at radius 3 is 2.36 bits per heavy atom. The van der Waals surface area contributed by atoms with Crippen molar-refractivity contribution < 1.29 is 18.4 Å². The molecule has 0 saturated carbocycles. The van der Waals surface area contributed by atoms with Gasteiger partial charge in [-0.2, -0.15) is 0 Å². The number of aryl methyl sites for hydroxylation is 2. The molecule has 2 amide bonds. The van der Waals surface area contributed by atoms with E-state index in [1.807, 2.05) is 19.9 Å². The molecule has 25 heavy (non-hydrogen) atoms. The van der Waals surface area contributed by atoms with Crippen molar-refractivity contribution in [2.75, 3.05) is 18.0 Å². The van der Waals surface area contributed by atoms with Crippen LogP contribution in [0.5, 0.6) is 0 Å². The normalized spacial score (nSPS) is 10.4. The number of anilines is 1. The molecule has 0 saturated heterocycles. The summed E-state index contributed by atoms with van der Waals surface area (Å²) in [4.78, 5) is 25.1. The van der Waals surface area contributed by atoms with Gasteiger partial charge in [-0.1, -0.05) is 6.07 Å². The summed E-state index contributed by atoms with van der Waals surface area (Å²) in [5.74, 6) is -2.21. The van der Waals surface area contributed by atoms with Crippen LogP contribution in [0, 0.1) is 25.5 Å². The molecule has 0 aliphatic heterocycles. The van der Waals surface area contributed by atoms with Crippen LogP contribution in [0.3, 0.4) is 0 Å². The predicted molar refractivity (Wildman–Crippen MR) is 92.6 cm³/mol. The zero-order chi connectivity index (χ0) is 18.6. The lowest BCUT2D eigenvalue weighted by molar-refractivity contribution is -0.116. The fraction of sp³-hybridized carbons (Fsp3) is 0.263. The summed E-state index contributed by atoms with van der Waals surface area (Å²) in [6, 6.07) is 8.38. The van der Waals surface area contributed by atoms with Crippen molar-refractivity contribution in [3.8, 4) is 0 Å². The Kier molecular flexibility index (Phi) is 5.85. The molecule has 0 aromatic heterocycles. The number of carbonyl (C=O) groups is 2. The molecular formula is C19H20F2N2O2. The number of nitrogens with one attached hydrogen (secondary N) is 1. The molecule has 0 unspecified atom stereocenters. The first-order chi connectivity index (χ1) is 11.8. The number of carbonyl (C=O) groups excluding carboxylic acids is 2. The first kappa shape index (κ1) is 18.6. The lowest BCUT2D eigenvalue weighted by atomic mass is 10.1. The monoisotopic (exact) mass is 346 g/mol. The van der Waals surface area contributed by atoms with Crippen molar-refractivity contribution >= 4 is 17.5 Å². The molecule has 0 heterocycles. The van der Waals surface area contributed by atoms with E-state index in [0.717, 1.165) is 28.2 Å². The van der Waals surface area contributed by atoms with Gasteiger partial charge in [0.15, 0.2) is 0 Å². The van der Waals surface area contributed by atoms with Gasteiger partial charge < -0.3 is 10.2 Å². The zero-order valence-electron chi connectivity index (χ0n) is 14.4. The van der Waals surface area contributed by atoms with E-state index < -0.39 is 17.5 Å². The Balaban J connectivity index is 2.03. The van der Waals surface area contributed by atoms with Crippen LogP contribution >= 0.6 is 0 Å². The third kappa shape index (κ3) is 4.62. The van der Waals surface area contributed by atoms with E-state index in [1.54, 1.807) is 12.1 Å². The van der Waals surface area contributed by atoms with E-state index in [-0.39, 0.29) is 24.7 Å². The van der Waals surface area contributed by atoms with Crippen LogP contribution in [0.15, 0.2) is 36.4 Å². The van der Waals surface area contributed by atoms with E-state index in [4.69, 9.17) is 0 Å². The number of amides is 2. The summed E-state index contributed by atoms with van der Waals surface area (Å²) >= 11 is 0. The van der Waals surface area contributed by atoms with Crippen LogP contribution in [0.25, 0.3) is 0 Å². The fourth-order valence-electron chi connectivity index (χ4n) is 2.41. The average molecular weight is 346 g/mol. The minimum atomic E-state index is -0.823. The van der Waals surface area contributed by atoms with Crippen LogP contribution in [0.1, 0.15) is 28.4 Å². The first-order valence-electron chi connectivity index (χ1n) is 7.88. The molecule has 2 aromatic rings. The Morgan fingerprint density at radius 2 is 1.76 bits per heavy atom. The number of hydrogen-bond acceptors (Lipinski definition) is 2. The number of nitrogens with zero attached hydrogens (tertiary/aromatic N) is 1. The van der Waals surface area contributed by atoms with Gasteiger partial charge in [0.1, 0.15) is 11.6 Å². The molecule has 0 atom stereocenters. The maximum Gasteiger partial charge on any atom is 0.251 e. The Morgan fingerprint density at radius 1 is 1.04 bits per heavy atom. The van der Waals surface area contributed by atoms with Gasteiger partial charge in [0.25, 0.3) is 5.91 Å². The van der Waals surface area contributed by atoms with Crippen LogP contribution in [0.4, 0.5) is 14.5 Å². The van der Waals surface area contributed by atoms with Crippen LogP contribution in [-0.4, -0.2) is 24.9 Å². The molecule has 0 aliphatic carbocycles. The molecule has 6 heteroatoms. The molecule has 0 radical (unpaired) electrons. The van der Waals surface area contributed by atoms with E-state index in [1.165, 1.54) is 13.0 Å². The van der Waals surface area contributed by atoms with Gasteiger partial charge in [0, 0.05) is 31.6 Å². The summed E-state index contributed by atoms with van der Waals surface area (Å²) in [5, 5.41) is 2.70. The maximum atomic E-state index is 13.9. The second-order valence-electron chi connectivity index (χ2n) is 5.82. The van der Waals surface area contributed by atoms with Crippen molar-refractivity contribution in [3.05, 3.63) is 64.7 Å². The second-order valence-corrected chi connectivity index (χ2v) is 5.82. The maximum absolute atomic E-state index is 13.9. The molecule has 1 N–H and O–H groups in total. The number of halogens is 2. The quantitative estimate of drug-likeness (QED) is 0.902. The van der Waals surface area contributed by atoms with Gasteiger partial charge in [0.2, 0.25) is 5.91 Å². The highest BCUT2D eigenvalue weighted by Gasteiger charge is 2.16. The van der Waals surface area contributed by atoms with Gasteiger partial charge in [-0.05, 0) is 49.2 Å². The van der Waals surface area contributed by atoms with Crippen LogP contribution in [0.2, 0.25) is 0 Å². The van der Waals surface area contributed by atoms with Gasteiger partial charge >= 0.3 is 0 Å².